The van der Waals surface area contributed by atoms with E-state index < -0.39 is 11.9 Å². The van der Waals surface area contributed by atoms with Gasteiger partial charge in [0, 0.05) is 23.6 Å². The van der Waals surface area contributed by atoms with Crippen LogP contribution < -0.4 is 11.3 Å². The zero-order valence-electron chi connectivity index (χ0n) is 11.8. The Kier molecular flexibility index (Phi) is 5.22. The molecule has 21 heavy (non-hydrogen) atoms. The minimum atomic E-state index is -0.416. The molecule has 3 N–H and O–H groups in total. The van der Waals surface area contributed by atoms with Crippen molar-refractivity contribution in [3.8, 4) is 0 Å². The normalized spacial score (nSPS) is 12.7. The lowest BCUT2D eigenvalue weighted by molar-refractivity contribution is 0.490. The van der Waals surface area contributed by atoms with Gasteiger partial charge in [-0.1, -0.05) is 29.3 Å². The van der Waals surface area contributed by atoms with Crippen molar-refractivity contribution >= 4 is 23.2 Å². The van der Waals surface area contributed by atoms with Crippen molar-refractivity contribution in [1.82, 2.24) is 15.2 Å². The van der Waals surface area contributed by atoms with Gasteiger partial charge in [0.25, 0.3) is 0 Å². The van der Waals surface area contributed by atoms with Gasteiger partial charge in [-0.15, -0.1) is 0 Å². The molecule has 0 radical (unpaired) electrons. The van der Waals surface area contributed by atoms with Crippen LogP contribution in [0.5, 0.6) is 0 Å². The van der Waals surface area contributed by atoms with Gasteiger partial charge in [-0.05, 0) is 26.0 Å². The first-order valence-electron chi connectivity index (χ1n) is 6.60. The van der Waals surface area contributed by atoms with Crippen LogP contribution >= 0.6 is 23.2 Å². The van der Waals surface area contributed by atoms with Gasteiger partial charge >= 0.3 is 0 Å². The lowest BCUT2D eigenvalue weighted by Gasteiger charge is -2.18. The van der Waals surface area contributed by atoms with Crippen molar-refractivity contribution in [3.05, 3.63) is 51.0 Å². The molecule has 0 saturated heterocycles. The third kappa shape index (κ3) is 3.37. The van der Waals surface area contributed by atoms with Crippen molar-refractivity contribution in [3.63, 3.8) is 0 Å². The van der Waals surface area contributed by atoms with Crippen LogP contribution in [0.25, 0.3) is 0 Å². The monoisotopic (exact) mass is 330 g/mol. The first-order valence-corrected chi connectivity index (χ1v) is 7.36. The van der Waals surface area contributed by atoms with Gasteiger partial charge in [0.2, 0.25) is 0 Å². The van der Waals surface area contributed by atoms with Gasteiger partial charge in [0.1, 0.15) is 5.82 Å². The Morgan fingerprint density at radius 3 is 2.71 bits per heavy atom. The molecule has 4 nitrogen and oxygen atoms in total. The van der Waals surface area contributed by atoms with Gasteiger partial charge in [-0.3, -0.25) is 16.0 Å². The topological polar surface area (TPSA) is 55.9 Å². The minimum Gasteiger partial charge on any atom is -0.271 e. The van der Waals surface area contributed by atoms with Gasteiger partial charge in [0.05, 0.1) is 22.5 Å². The van der Waals surface area contributed by atoms with Crippen LogP contribution in [-0.2, 0) is 13.0 Å². The average molecular weight is 331 g/mol. The molecule has 2 aromatic rings. The molecule has 0 saturated carbocycles. The lowest BCUT2D eigenvalue weighted by atomic mass is 10.0. The van der Waals surface area contributed by atoms with Crippen molar-refractivity contribution in [2.24, 2.45) is 5.84 Å². The van der Waals surface area contributed by atoms with E-state index in [4.69, 9.17) is 29.0 Å². The molecule has 1 atom stereocenters. The molecule has 0 aliphatic carbocycles. The number of aromatic nitrogens is 2. The van der Waals surface area contributed by atoms with Crippen molar-refractivity contribution in [1.29, 1.82) is 0 Å². The molecule has 1 heterocycles. The number of rotatable bonds is 5. The zero-order valence-corrected chi connectivity index (χ0v) is 13.3. The molecule has 1 aromatic carbocycles. The Hall–Kier alpha value is -1.14. The number of hydrazine groups is 1. The Labute approximate surface area is 133 Å². The van der Waals surface area contributed by atoms with Crippen LogP contribution in [0.15, 0.2) is 18.2 Å². The molecule has 0 bridgehead atoms. The molecule has 114 valence electrons. The van der Waals surface area contributed by atoms with Gasteiger partial charge < -0.3 is 0 Å². The Balaban J connectivity index is 2.35. The number of halogens is 3. The highest BCUT2D eigenvalue weighted by molar-refractivity contribution is 6.31. The summed E-state index contributed by atoms with van der Waals surface area (Å²) >= 11 is 12.1. The van der Waals surface area contributed by atoms with Crippen LogP contribution in [0.3, 0.4) is 0 Å². The highest BCUT2D eigenvalue weighted by Gasteiger charge is 2.21. The van der Waals surface area contributed by atoms with E-state index in [-0.39, 0.29) is 0 Å². The van der Waals surface area contributed by atoms with E-state index in [1.807, 2.05) is 13.8 Å². The summed E-state index contributed by atoms with van der Waals surface area (Å²) in [5.74, 6) is 5.18. The Bertz CT molecular complexity index is 642. The predicted molar refractivity (Wildman–Crippen MR) is 82.8 cm³/mol. The SMILES string of the molecule is CCn1nc(C)c(Cl)c1CC(NN)c1ccc(Cl)cc1F. The zero-order chi connectivity index (χ0) is 15.6. The van der Waals surface area contributed by atoms with Crippen LogP contribution in [-0.4, -0.2) is 9.78 Å². The summed E-state index contributed by atoms with van der Waals surface area (Å²) in [5, 5.41) is 5.28. The van der Waals surface area contributed by atoms with E-state index >= 15 is 0 Å². The molecule has 0 aliphatic heterocycles. The summed E-state index contributed by atoms with van der Waals surface area (Å²) in [5.41, 5.74) is 4.65. The van der Waals surface area contributed by atoms with E-state index in [0.717, 1.165) is 11.4 Å². The lowest BCUT2D eigenvalue weighted by Crippen LogP contribution is -2.31. The third-order valence-corrected chi connectivity index (χ3v) is 4.12. The smallest absolute Gasteiger partial charge is 0.129 e. The quantitative estimate of drug-likeness (QED) is 0.652. The average Bonchev–Trinajstić information content (AvgIpc) is 2.72. The largest absolute Gasteiger partial charge is 0.271 e. The number of aryl methyl sites for hydroxylation is 2. The van der Waals surface area contributed by atoms with Gasteiger partial charge in [-0.25, -0.2) is 4.39 Å². The number of nitrogens with one attached hydrogen (secondary N) is 1. The highest BCUT2D eigenvalue weighted by atomic mass is 35.5. The maximum Gasteiger partial charge on any atom is 0.129 e. The second-order valence-corrected chi connectivity index (χ2v) is 5.57. The maximum atomic E-state index is 14.0. The number of hydrogen-bond donors (Lipinski definition) is 2. The summed E-state index contributed by atoms with van der Waals surface area (Å²) in [6, 6.07) is 4.11. The molecular weight excluding hydrogens is 314 g/mol. The maximum absolute atomic E-state index is 14.0. The molecule has 0 aliphatic rings. The van der Waals surface area contributed by atoms with Crippen molar-refractivity contribution in [2.75, 3.05) is 0 Å². The predicted octanol–water partition coefficient (Wildman–Crippen LogP) is 3.40. The van der Waals surface area contributed by atoms with E-state index in [1.54, 1.807) is 16.8 Å². The summed E-state index contributed by atoms with van der Waals surface area (Å²) < 4.78 is 15.8. The molecule has 0 spiro atoms. The number of nitrogens with zero attached hydrogens (tertiary/aromatic N) is 2. The number of hydrogen-bond acceptors (Lipinski definition) is 3. The summed E-state index contributed by atoms with van der Waals surface area (Å²) in [6.45, 7) is 4.50. The van der Waals surface area contributed by atoms with E-state index in [9.17, 15) is 4.39 Å². The van der Waals surface area contributed by atoms with E-state index in [0.29, 0.717) is 28.6 Å². The summed E-state index contributed by atoms with van der Waals surface area (Å²) in [6.07, 6.45) is 0.433. The van der Waals surface area contributed by atoms with Crippen LogP contribution in [0.2, 0.25) is 10.0 Å². The fourth-order valence-corrected chi connectivity index (χ4v) is 2.67. The van der Waals surface area contributed by atoms with Crippen LogP contribution in [0, 0.1) is 12.7 Å². The Morgan fingerprint density at radius 1 is 1.43 bits per heavy atom. The van der Waals surface area contributed by atoms with Crippen LogP contribution in [0.4, 0.5) is 4.39 Å². The second kappa shape index (κ2) is 6.75. The second-order valence-electron chi connectivity index (χ2n) is 4.75. The molecular formula is C14H17Cl2FN4. The van der Waals surface area contributed by atoms with Gasteiger partial charge in [0.15, 0.2) is 0 Å². The van der Waals surface area contributed by atoms with Gasteiger partial charge in [-0.2, -0.15) is 5.10 Å². The number of benzene rings is 1. The fraction of sp³-hybridized carbons (Fsp3) is 0.357. The fourth-order valence-electron chi connectivity index (χ4n) is 2.30. The van der Waals surface area contributed by atoms with E-state index in [2.05, 4.69) is 10.5 Å². The Morgan fingerprint density at radius 2 is 2.14 bits per heavy atom. The summed E-state index contributed by atoms with van der Waals surface area (Å²) in [4.78, 5) is 0. The molecule has 1 unspecified atom stereocenters. The molecule has 0 fully saturated rings. The first kappa shape index (κ1) is 16.2. The third-order valence-electron chi connectivity index (χ3n) is 3.39. The first-order chi connectivity index (χ1) is 9.97. The standard InChI is InChI=1S/C14H17Cl2FN4/c1-3-21-13(14(16)8(2)20-21)7-12(19-18)10-5-4-9(15)6-11(10)17/h4-6,12,19H,3,7,18H2,1-2H3. The summed E-state index contributed by atoms with van der Waals surface area (Å²) in [7, 11) is 0. The number of nitrogens with two attached hydrogens (primary N) is 1. The van der Waals surface area contributed by atoms with Crippen molar-refractivity contribution < 1.29 is 4.39 Å². The van der Waals surface area contributed by atoms with Crippen molar-refractivity contribution in [2.45, 2.75) is 32.9 Å². The van der Waals surface area contributed by atoms with E-state index in [1.165, 1.54) is 6.07 Å². The minimum absolute atomic E-state index is 0.347. The van der Waals surface area contributed by atoms with Crippen LogP contribution in [0.1, 0.15) is 29.9 Å². The molecule has 0 amide bonds. The molecule has 1 aromatic heterocycles. The molecule has 2 rings (SSSR count). The molecule has 7 heteroatoms. The highest BCUT2D eigenvalue weighted by Crippen LogP contribution is 2.28.